The number of anilines is 1. The van der Waals surface area contributed by atoms with E-state index in [1.807, 2.05) is 13.0 Å². The summed E-state index contributed by atoms with van der Waals surface area (Å²) >= 11 is 12.5. The highest BCUT2D eigenvalue weighted by molar-refractivity contribution is 9.11. The van der Waals surface area contributed by atoms with Gasteiger partial charge in [0.1, 0.15) is 9.21 Å². The zero-order chi connectivity index (χ0) is 14.0. The molecule has 0 saturated heterocycles. The SMILES string of the molecule is Cc1cccc(C(=O)Nc2ncc(Br)nc2Br)c1Cl. The van der Waals surface area contributed by atoms with Crippen LogP contribution >= 0.6 is 43.5 Å². The fourth-order valence-corrected chi connectivity index (χ4v) is 2.55. The molecule has 0 bridgehead atoms. The predicted molar refractivity (Wildman–Crippen MR) is 81.6 cm³/mol. The average Bonchev–Trinajstić information content (AvgIpc) is 2.36. The maximum absolute atomic E-state index is 12.1. The summed E-state index contributed by atoms with van der Waals surface area (Å²) in [6.07, 6.45) is 1.50. The van der Waals surface area contributed by atoms with Gasteiger partial charge in [-0.1, -0.05) is 23.7 Å². The molecule has 0 spiro atoms. The van der Waals surface area contributed by atoms with Gasteiger partial charge in [-0.3, -0.25) is 4.79 Å². The molecule has 0 atom stereocenters. The number of carbonyl (C=O) groups excluding carboxylic acids is 1. The Kier molecular flexibility index (Phi) is 4.54. The van der Waals surface area contributed by atoms with Crippen LogP contribution in [0, 0.1) is 6.92 Å². The monoisotopic (exact) mass is 403 g/mol. The normalized spacial score (nSPS) is 10.3. The van der Waals surface area contributed by atoms with E-state index >= 15 is 0 Å². The summed E-state index contributed by atoms with van der Waals surface area (Å²) in [4.78, 5) is 20.3. The molecule has 1 aromatic carbocycles. The summed E-state index contributed by atoms with van der Waals surface area (Å²) in [5, 5.41) is 3.09. The minimum Gasteiger partial charge on any atom is -0.304 e. The van der Waals surface area contributed by atoms with Crippen LogP contribution in [0.1, 0.15) is 15.9 Å². The quantitative estimate of drug-likeness (QED) is 0.814. The van der Waals surface area contributed by atoms with Crippen LogP contribution in [0.4, 0.5) is 5.82 Å². The maximum Gasteiger partial charge on any atom is 0.258 e. The lowest BCUT2D eigenvalue weighted by Crippen LogP contribution is -2.14. The van der Waals surface area contributed by atoms with Crippen LogP contribution < -0.4 is 5.32 Å². The lowest BCUT2D eigenvalue weighted by molar-refractivity contribution is 0.102. The van der Waals surface area contributed by atoms with Crippen molar-refractivity contribution in [1.29, 1.82) is 0 Å². The maximum atomic E-state index is 12.1. The highest BCUT2D eigenvalue weighted by Crippen LogP contribution is 2.23. The van der Waals surface area contributed by atoms with Crippen LogP contribution in [0.3, 0.4) is 0 Å². The van der Waals surface area contributed by atoms with E-state index in [4.69, 9.17) is 11.6 Å². The van der Waals surface area contributed by atoms with Crippen molar-refractivity contribution in [2.24, 2.45) is 0 Å². The smallest absolute Gasteiger partial charge is 0.258 e. The van der Waals surface area contributed by atoms with Crippen molar-refractivity contribution < 1.29 is 4.79 Å². The molecular weight excluding hydrogens is 397 g/mol. The first-order valence-corrected chi connectivity index (χ1v) is 7.20. The number of nitrogens with one attached hydrogen (secondary N) is 1. The minimum absolute atomic E-state index is 0.328. The van der Waals surface area contributed by atoms with Gasteiger partial charge in [-0.25, -0.2) is 9.97 Å². The van der Waals surface area contributed by atoms with Crippen LogP contribution in [0.2, 0.25) is 5.02 Å². The van der Waals surface area contributed by atoms with E-state index in [1.54, 1.807) is 12.1 Å². The van der Waals surface area contributed by atoms with Gasteiger partial charge in [0.25, 0.3) is 5.91 Å². The van der Waals surface area contributed by atoms with Crippen LogP contribution in [0.15, 0.2) is 33.6 Å². The first-order chi connectivity index (χ1) is 8.99. The van der Waals surface area contributed by atoms with Gasteiger partial charge in [0, 0.05) is 0 Å². The lowest BCUT2D eigenvalue weighted by Gasteiger charge is -2.08. The van der Waals surface area contributed by atoms with Crippen molar-refractivity contribution in [2.45, 2.75) is 6.92 Å². The molecule has 2 aromatic rings. The Labute approximate surface area is 131 Å². The molecule has 0 aliphatic rings. The largest absolute Gasteiger partial charge is 0.304 e. The minimum atomic E-state index is -0.328. The average molecular weight is 405 g/mol. The number of aryl methyl sites for hydroxylation is 1. The standard InChI is InChI=1S/C12H8Br2ClN3O/c1-6-3-2-4-7(9(6)15)12(19)18-11-10(14)17-8(13)5-16-11/h2-5H,1H3,(H,16,18,19). The van der Waals surface area contributed by atoms with Crippen molar-refractivity contribution in [2.75, 3.05) is 5.32 Å². The fourth-order valence-electron chi connectivity index (χ4n) is 1.43. The van der Waals surface area contributed by atoms with Crippen LogP contribution in [0.25, 0.3) is 0 Å². The van der Waals surface area contributed by atoms with Crippen molar-refractivity contribution in [3.63, 3.8) is 0 Å². The number of carbonyl (C=O) groups is 1. The molecule has 98 valence electrons. The molecule has 7 heteroatoms. The van der Waals surface area contributed by atoms with Crippen LogP contribution in [-0.2, 0) is 0 Å². The van der Waals surface area contributed by atoms with Gasteiger partial charge < -0.3 is 5.32 Å². The first-order valence-electron chi connectivity index (χ1n) is 5.23. The van der Waals surface area contributed by atoms with Gasteiger partial charge in [0.05, 0.1) is 16.8 Å². The van der Waals surface area contributed by atoms with Crippen molar-refractivity contribution in [1.82, 2.24) is 9.97 Å². The molecule has 0 radical (unpaired) electrons. The number of hydrogen-bond donors (Lipinski definition) is 1. The third-order valence-electron chi connectivity index (χ3n) is 2.37. The van der Waals surface area contributed by atoms with Gasteiger partial charge in [0.15, 0.2) is 5.82 Å². The Balaban J connectivity index is 2.28. The summed E-state index contributed by atoms with van der Waals surface area (Å²) in [6.45, 7) is 1.84. The Morgan fingerprint density at radius 3 is 2.79 bits per heavy atom. The molecular formula is C12H8Br2ClN3O. The van der Waals surface area contributed by atoms with Gasteiger partial charge >= 0.3 is 0 Å². The zero-order valence-corrected chi connectivity index (χ0v) is 13.7. The number of hydrogen-bond acceptors (Lipinski definition) is 3. The van der Waals surface area contributed by atoms with Crippen molar-refractivity contribution >= 4 is 55.2 Å². The summed E-state index contributed by atoms with van der Waals surface area (Å²) in [5.41, 5.74) is 1.24. The molecule has 0 unspecified atom stereocenters. The predicted octanol–water partition coefficient (Wildman–Crippen LogP) is 4.22. The Bertz CT molecular complexity index is 649. The molecule has 1 N–H and O–H groups in total. The first kappa shape index (κ1) is 14.4. The van der Waals surface area contributed by atoms with Gasteiger partial charge in [-0.05, 0) is 50.4 Å². The van der Waals surface area contributed by atoms with Crippen LogP contribution in [-0.4, -0.2) is 15.9 Å². The van der Waals surface area contributed by atoms with Gasteiger partial charge in [-0.2, -0.15) is 0 Å². The van der Waals surface area contributed by atoms with Crippen molar-refractivity contribution in [3.8, 4) is 0 Å². The molecule has 0 saturated carbocycles. The summed E-state index contributed by atoms with van der Waals surface area (Å²) < 4.78 is 1.02. The number of rotatable bonds is 2. The fraction of sp³-hybridized carbons (Fsp3) is 0.0833. The topological polar surface area (TPSA) is 54.9 Å². The molecule has 1 heterocycles. The number of benzene rings is 1. The molecule has 0 aliphatic carbocycles. The van der Waals surface area contributed by atoms with E-state index in [9.17, 15) is 4.79 Å². The van der Waals surface area contributed by atoms with Gasteiger partial charge in [-0.15, -0.1) is 0 Å². The molecule has 1 amide bonds. The van der Waals surface area contributed by atoms with E-state index in [0.717, 1.165) is 5.56 Å². The Morgan fingerprint density at radius 2 is 2.11 bits per heavy atom. The Hall–Kier alpha value is -0.980. The number of halogens is 3. The summed E-state index contributed by atoms with van der Waals surface area (Å²) in [5.74, 6) is 0.0109. The molecule has 1 aromatic heterocycles. The lowest BCUT2D eigenvalue weighted by atomic mass is 10.1. The molecule has 0 aliphatic heterocycles. The number of amides is 1. The number of nitrogens with zero attached hydrogens (tertiary/aromatic N) is 2. The highest BCUT2D eigenvalue weighted by atomic mass is 79.9. The van der Waals surface area contributed by atoms with Crippen LogP contribution in [0.5, 0.6) is 0 Å². The van der Waals surface area contributed by atoms with E-state index < -0.39 is 0 Å². The molecule has 0 fully saturated rings. The van der Waals surface area contributed by atoms with E-state index in [0.29, 0.717) is 25.6 Å². The number of aromatic nitrogens is 2. The summed E-state index contributed by atoms with van der Waals surface area (Å²) in [6, 6.07) is 5.28. The third kappa shape index (κ3) is 3.32. The summed E-state index contributed by atoms with van der Waals surface area (Å²) in [7, 11) is 0. The highest BCUT2D eigenvalue weighted by Gasteiger charge is 2.14. The van der Waals surface area contributed by atoms with Gasteiger partial charge in [0.2, 0.25) is 0 Å². The Morgan fingerprint density at radius 1 is 1.37 bits per heavy atom. The zero-order valence-electron chi connectivity index (χ0n) is 9.75. The van der Waals surface area contributed by atoms with E-state index in [-0.39, 0.29) is 5.91 Å². The second-order valence-corrected chi connectivity index (χ2v) is 5.66. The van der Waals surface area contributed by atoms with E-state index in [1.165, 1.54) is 6.20 Å². The van der Waals surface area contributed by atoms with E-state index in [2.05, 4.69) is 47.1 Å². The molecule has 4 nitrogen and oxygen atoms in total. The second kappa shape index (κ2) is 5.98. The molecule has 19 heavy (non-hydrogen) atoms. The van der Waals surface area contributed by atoms with Crippen molar-refractivity contribution in [3.05, 3.63) is 49.8 Å². The third-order valence-corrected chi connectivity index (χ3v) is 3.81. The molecule has 2 rings (SSSR count). The second-order valence-electron chi connectivity index (χ2n) is 3.72.